The van der Waals surface area contributed by atoms with E-state index < -0.39 is 6.10 Å². The van der Waals surface area contributed by atoms with Gasteiger partial charge in [0.15, 0.2) is 0 Å². The molecular weight excluding hydrogens is 218 g/mol. The standard InChI is InChI=1S/C13H19NO3/c1-8(2)13(10(4)15)11-5-6-12(14(16)17)9(3)7-11/h5-8,10,13,15H,1-4H3. The molecule has 0 amide bonds. The first kappa shape index (κ1) is 13.6. The van der Waals surface area contributed by atoms with E-state index in [-0.39, 0.29) is 22.4 Å². The Labute approximate surface area is 101 Å². The third-order valence-electron chi connectivity index (χ3n) is 3.04. The van der Waals surface area contributed by atoms with Crippen molar-refractivity contribution in [1.29, 1.82) is 0 Å². The van der Waals surface area contributed by atoms with Crippen molar-refractivity contribution in [2.45, 2.75) is 39.7 Å². The molecule has 94 valence electrons. The molecule has 0 saturated carbocycles. The lowest BCUT2D eigenvalue weighted by atomic mass is 9.84. The number of aliphatic hydroxyl groups is 1. The molecule has 4 nitrogen and oxygen atoms in total. The predicted molar refractivity (Wildman–Crippen MR) is 67.1 cm³/mol. The van der Waals surface area contributed by atoms with E-state index in [9.17, 15) is 15.2 Å². The number of hydrogen-bond acceptors (Lipinski definition) is 3. The zero-order valence-electron chi connectivity index (χ0n) is 10.7. The maximum Gasteiger partial charge on any atom is 0.272 e. The van der Waals surface area contributed by atoms with Crippen LogP contribution in [0, 0.1) is 23.0 Å². The number of aryl methyl sites for hydroxylation is 1. The van der Waals surface area contributed by atoms with Gasteiger partial charge in [-0.15, -0.1) is 0 Å². The molecule has 2 atom stereocenters. The molecule has 0 saturated heterocycles. The number of hydrogen-bond donors (Lipinski definition) is 1. The highest BCUT2D eigenvalue weighted by Gasteiger charge is 2.22. The number of benzene rings is 1. The van der Waals surface area contributed by atoms with E-state index >= 15 is 0 Å². The average Bonchev–Trinajstić information content (AvgIpc) is 2.15. The Morgan fingerprint density at radius 1 is 1.29 bits per heavy atom. The summed E-state index contributed by atoms with van der Waals surface area (Å²) in [6.45, 7) is 7.55. The Bertz CT molecular complexity index is 405. The minimum absolute atomic E-state index is 0.00880. The molecule has 0 aliphatic heterocycles. The summed E-state index contributed by atoms with van der Waals surface area (Å²) < 4.78 is 0. The van der Waals surface area contributed by atoms with E-state index in [1.54, 1.807) is 26.0 Å². The van der Waals surface area contributed by atoms with Gasteiger partial charge in [-0.25, -0.2) is 0 Å². The number of nitro groups is 1. The van der Waals surface area contributed by atoms with Crippen LogP contribution in [0.2, 0.25) is 0 Å². The zero-order chi connectivity index (χ0) is 13.2. The van der Waals surface area contributed by atoms with Crippen molar-refractivity contribution in [3.8, 4) is 0 Å². The summed E-state index contributed by atoms with van der Waals surface area (Å²) in [5.41, 5.74) is 1.72. The molecule has 0 fully saturated rings. The zero-order valence-corrected chi connectivity index (χ0v) is 10.7. The van der Waals surface area contributed by atoms with Gasteiger partial charge in [-0.05, 0) is 31.4 Å². The van der Waals surface area contributed by atoms with Gasteiger partial charge < -0.3 is 5.11 Å². The van der Waals surface area contributed by atoms with E-state index in [4.69, 9.17) is 0 Å². The Kier molecular flexibility index (Phi) is 4.23. The van der Waals surface area contributed by atoms with Crippen LogP contribution in [-0.2, 0) is 0 Å². The summed E-state index contributed by atoms with van der Waals surface area (Å²) in [5, 5.41) is 20.5. The first-order chi connectivity index (χ1) is 7.84. The SMILES string of the molecule is Cc1cc(C(C(C)C)C(C)O)ccc1[N+](=O)[O-]. The molecule has 1 aromatic carbocycles. The summed E-state index contributed by atoms with van der Waals surface area (Å²) in [6, 6.07) is 5.06. The third kappa shape index (κ3) is 3.03. The number of aliphatic hydroxyl groups excluding tert-OH is 1. The van der Waals surface area contributed by atoms with Gasteiger partial charge in [0, 0.05) is 17.5 Å². The first-order valence-corrected chi connectivity index (χ1v) is 5.77. The minimum atomic E-state index is -0.462. The number of nitrogens with zero attached hydrogens (tertiary/aromatic N) is 1. The summed E-state index contributed by atoms with van der Waals surface area (Å²) in [6.07, 6.45) is -0.462. The van der Waals surface area contributed by atoms with Crippen molar-refractivity contribution in [3.05, 3.63) is 39.4 Å². The Morgan fingerprint density at radius 2 is 1.88 bits per heavy atom. The van der Waals surface area contributed by atoms with Crippen LogP contribution >= 0.6 is 0 Å². The molecular formula is C13H19NO3. The van der Waals surface area contributed by atoms with Crippen molar-refractivity contribution in [2.24, 2.45) is 5.92 Å². The van der Waals surface area contributed by atoms with Gasteiger partial charge in [0.25, 0.3) is 5.69 Å². The molecule has 1 N–H and O–H groups in total. The highest BCUT2D eigenvalue weighted by molar-refractivity contribution is 5.43. The molecule has 0 aromatic heterocycles. The van der Waals surface area contributed by atoms with Gasteiger partial charge in [0.1, 0.15) is 0 Å². The minimum Gasteiger partial charge on any atom is -0.393 e. The predicted octanol–water partition coefficient (Wildman–Crippen LogP) is 3.02. The van der Waals surface area contributed by atoms with E-state index in [1.165, 1.54) is 6.07 Å². The Morgan fingerprint density at radius 3 is 2.24 bits per heavy atom. The van der Waals surface area contributed by atoms with Gasteiger partial charge in [-0.3, -0.25) is 10.1 Å². The fourth-order valence-electron chi connectivity index (χ4n) is 2.31. The monoisotopic (exact) mass is 237 g/mol. The fraction of sp³-hybridized carbons (Fsp3) is 0.538. The molecule has 0 aliphatic carbocycles. The van der Waals surface area contributed by atoms with Gasteiger partial charge in [0.05, 0.1) is 11.0 Å². The highest BCUT2D eigenvalue weighted by Crippen LogP contribution is 2.30. The third-order valence-corrected chi connectivity index (χ3v) is 3.04. The first-order valence-electron chi connectivity index (χ1n) is 5.77. The molecule has 0 heterocycles. The van der Waals surface area contributed by atoms with Crippen molar-refractivity contribution < 1.29 is 10.0 Å². The molecule has 0 bridgehead atoms. The second kappa shape index (κ2) is 5.27. The van der Waals surface area contributed by atoms with Gasteiger partial charge in [0.2, 0.25) is 0 Å². The summed E-state index contributed by atoms with van der Waals surface area (Å²) in [4.78, 5) is 10.3. The van der Waals surface area contributed by atoms with E-state index in [0.29, 0.717) is 5.56 Å². The maximum absolute atomic E-state index is 10.7. The molecule has 0 aliphatic rings. The highest BCUT2D eigenvalue weighted by atomic mass is 16.6. The molecule has 0 radical (unpaired) electrons. The van der Waals surface area contributed by atoms with Crippen molar-refractivity contribution in [2.75, 3.05) is 0 Å². The maximum atomic E-state index is 10.7. The van der Waals surface area contributed by atoms with Crippen LogP contribution in [0.4, 0.5) is 5.69 Å². The van der Waals surface area contributed by atoms with Gasteiger partial charge in [-0.1, -0.05) is 19.9 Å². The van der Waals surface area contributed by atoms with E-state index in [2.05, 4.69) is 0 Å². The average molecular weight is 237 g/mol. The topological polar surface area (TPSA) is 63.4 Å². The molecule has 17 heavy (non-hydrogen) atoms. The van der Waals surface area contributed by atoms with Crippen molar-refractivity contribution >= 4 is 5.69 Å². The molecule has 1 aromatic rings. The van der Waals surface area contributed by atoms with Gasteiger partial charge in [-0.2, -0.15) is 0 Å². The molecule has 4 heteroatoms. The van der Waals surface area contributed by atoms with Gasteiger partial charge >= 0.3 is 0 Å². The summed E-state index contributed by atoms with van der Waals surface area (Å²) >= 11 is 0. The lowest BCUT2D eigenvalue weighted by Crippen LogP contribution is -2.20. The smallest absolute Gasteiger partial charge is 0.272 e. The van der Waals surface area contributed by atoms with Crippen LogP contribution in [0.1, 0.15) is 37.8 Å². The van der Waals surface area contributed by atoms with Crippen LogP contribution in [0.25, 0.3) is 0 Å². The van der Waals surface area contributed by atoms with E-state index in [1.807, 2.05) is 13.8 Å². The summed E-state index contributed by atoms with van der Waals surface area (Å²) in [5.74, 6) is 0.297. The summed E-state index contributed by atoms with van der Waals surface area (Å²) in [7, 11) is 0. The molecule has 1 rings (SSSR count). The van der Waals surface area contributed by atoms with Crippen LogP contribution in [0.5, 0.6) is 0 Å². The van der Waals surface area contributed by atoms with Crippen LogP contribution in [0.3, 0.4) is 0 Å². The quantitative estimate of drug-likeness (QED) is 0.646. The second-order valence-corrected chi connectivity index (χ2v) is 4.81. The Balaban J connectivity index is 3.15. The normalized spacial score (nSPS) is 14.7. The second-order valence-electron chi connectivity index (χ2n) is 4.81. The Hall–Kier alpha value is -1.42. The lowest BCUT2D eigenvalue weighted by molar-refractivity contribution is -0.385. The fourth-order valence-corrected chi connectivity index (χ4v) is 2.31. The van der Waals surface area contributed by atoms with Crippen molar-refractivity contribution in [3.63, 3.8) is 0 Å². The van der Waals surface area contributed by atoms with Crippen LogP contribution in [-0.4, -0.2) is 16.1 Å². The lowest BCUT2D eigenvalue weighted by Gasteiger charge is -2.24. The van der Waals surface area contributed by atoms with Crippen LogP contribution in [0.15, 0.2) is 18.2 Å². The van der Waals surface area contributed by atoms with E-state index in [0.717, 1.165) is 5.56 Å². The largest absolute Gasteiger partial charge is 0.393 e. The van der Waals surface area contributed by atoms with Crippen LogP contribution < -0.4 is 0 Å². The molecule has 2 unspecified atom stereocenters. The number of nitro benzene ring substituents is 1. The van der Waals surface area contributed by atoms with Crippen molar-refractivity contribution in [1.82, 2.24) is 0 Å². The number of rotatable bonds is 4. The molecule has 0 spiro atoms.